The fraction of sp³-hybridized carbons (Fsp3) is 0.294. The van der Waals surface area contributed by atoms with Gasteiger partial charge in [0, 0.05) is 6.54 Å². The second-order valence-electron chi connectivity index (χ2n) is 4.73. The van der Waals surface area contributed by atoms with Crippen molar-refractivity contribution in [1.82, 2.24) is 5.32 Å². The zero-order valence-electron chi connectivity index (χ0n) is 11.9. The van der Waals surface area contributed by atoms with E-state index in [1.807, 2.05) is 18.2 Å². The molecule has 0 atom stereocenters. The first kappa shape index (κ1) is 14.5. The maximum atomic E-state index is 13.7. The van der Waals surface area contributed by atoms with Gasteiger partial charge in [0.15, 0.2) is 11.6 Å². The minimum Gasteiger partial charge on any atom is -0.494 e. The van der Waals surface area contributed by atoms with E-state index in [0.717, 1.165) is 30.6 Å². The lowest BCUT2D eigenvalue weighted by Crippen LogP contribution is -2.13. The van der Waals surface area contributed by atoms with Crippen LogP contribution in [-0.2, 0) is 6.54 Å². The van der Waals surface area contributed by atoms with E-state index in [1.54, 1.807) is 6.07 Å². The predicted molar refractivity (Wildman–Crippen MR) is 80.4 cm³/mol. The molecule has 0 aliphatic rings. The largest absolute Gasteiger partial charge is 0.494 e. The van der Waals surface area contributed by atoms with Crippen LogP contribution in [0.3, 0.4) is 0 Å². The third-order valence-corrected chi connectivity index (χ3v) is 3.17. The summed E-state index contributed by atoms with van der Waals surface area (Å²) in [5, 5.41) is 3.37. The number of ether oxygens (including phenoxy) is 1. The summed E-state index contributed by atoms with van der Waals surface area (Å²) in [7, 11) is 1.47. The van der Waals surface area contributed by atoms with Crippen LogP contribution >= 0.6 is 0 Å². The summed E-state index contributed by atoms with van der Waals surface area (Å²) < 4.78 is 18.7. The predicted octanol–water partition coefficient (Wildman–Crippen LogP) is 4.00. The second-order valence-corrected chi connectivity index (χ2v) is 4.73. The molecule has 20 heavy (non-hydrogen) atoms. The molecule has 0 aliphatic carbocycles. The first-order valence-electron chi connectivity index (χ1n) is 6.88. The summed E-state index contributed by atoms with van der Waals surface area (Å²) in [6, 6.07) is 13.2. The van der Waals surface area contributed by atoms with Crippen molar-refractivity contribution in [3.63, 3.8) is 0 Å². The minimum absolute atomic E-state index is 0.273. The summed E-state index contributed by atoms with van der Waals surface area (Å²) >= 11 is 0. The summed E-state index contributed by atoms with van der Waals surface area (Å²) in [6.45, 7) is 3.98. The van der Waals surface area contributed by atoms with E-state index < -0.39 is 0 Å². The molecule has 2 rings (SSSR count). The van der Waals surface area contributed by atoms with Gasteiger partial charge in [-0.2, -0.15) is 0 Å². The van der Waals surface area contributed by atoms with Gasteiger partial charge in [-0.3, -0.25) is 0 Å². The van der Waals surface area contributed by atoms with Gasteiger partial charge < -0.3 is 10.1 Å². The van der Waals surface area contributed by atoms with Gasteiger partial charge in [-0.05, 0) is 47.9 Å². The molecular weight excluding hydrogens is 253 g/mol. The van der Waals surface area contributed by atoms with Gasteiger partial charge in [-0.1, -0.05) is 31.2 Å². The first-order valence-corrected chi connectivity index (χ1v) is 6.88. The van der Waals surface area contributed by atoms with Crippen molar-refractivity contribution in [3.05, 3.63) is 53.8 Å². The van der Waals surface area contributed by atoms with Crippen molar-refractivity contribution in [2.75, 3.05) is 13.7 Å². The topological polar surface area (TPSA) is 21.3 Å². The monoisotopic (exact) mass is 273 g/mol. The SMILES string of the molecule is CCCNCc1cccc(-c2ccc(OC)c(F)c2)c1. The molecule has 0 radical (unpaired) electrons. The lowest BCUT2D eigenvalue weighted by Gasteiger charge is -2.08. The van der Waals surface area contributed by atoms with Crippen LogP contribution in [0.1, 0.15) is 18.9 Å². The average molecular weight is 273 g/mol. The molecule has 0 unspecified atom stereocenters. The Bertz CT molecular complexity index is 569. The van der Waals surface area contributed by atoms with Crippen LogP contribution in [0.15, 0.2) is 42.5 Å². The van der Waals surface area contributed by atoms with Gasteiger partial charge in [-0.15, -0.1) is 0 Å². The number of hydrogen-bond donors (Lipinski definition) is 1. The zero-order chi connectivity index (χ0) is 14.4. The van der Waals surface area contributed by atoms with Crippen molar-refractivity contribution >= 4 is 0 Å². The standard InChI is InChI=1S/C17H20FNO/c1-3-9-19-12-13-5-4-6-14(10-13)15-7-8-17(20-2)16(18)11-15/h4-8,10-11,19H,3,9,12H2,1-2H3. The van der Waals surface area contributed by atoms with Crippen LogP contribution < -0.4 is 10.1 Å². The van der Waals surface area contributed by atoms with Crippen molar-refractivity contribution < 1.29 is 9.13 Å². The molecule has 0 aromatic heterocycles. The van der Waals surface area contributed by atoms with Crippen LogP contribution in [0.25, 0.3) is 11.1 Å². The zero-order valence-corrected chi connectivity index (χ0v) is 11.9. The summed E-state index contributed by atoms with van der Waals surface area (Å²) in [4.78, 5) is 0. The Hall–Kier alpha value is -1.87. The van der Waals surface area contributed by atoms with Crippen LogP contribution in [0, 0.1) is 5.82 Å². The highest BCUT2D eigenvalue weighted by Crippen LogP contribution is 2.26. The summed E-state index contributed by atoms with van der Waals surface area (Å²) in [5.41, 5.74) is 3.08. The Kier molecular flexibility index (Phi) is 5.13. The van der Waals surface area contributed by atoms with Crippen LogP contribution in [0.5, 0.6) is 5.75 Å². The lowest BCUT2D eigenvalue weighted by atomic mass is 10.0. The molecule has 0 spiro atoms. The van der Waals surface area contributed by atoms with Gasteiger partial charge in [0.05, 0.1) is 7.11 Å². The Balaban J connectivity index is 2.19. The molecule has 0 saturated carbocycles. The lowest BCUT2D eigenvalue weighted by molar-refractivity contribution is 0.386. The number of methoxy groups -OCH3 is 1. The van der Waals surface area contributed by atoms with E-state index >= 15 is 0 Å². The average Bonchev–Trinajstić information content (AvgIpc) is 2.48. The van der Waals surface area contributed by atoms with Gasteiger partial charge in [-0.25, -0.2) is 4.39 Å². The quantitative estimate of drug-likeness (QED) is 0.803. The molecule has 2 aromatic carbocycles. The van der Waals surface area contributed by atoms with Gasteiger partial charge in [0.1, 0.15) is 0 Å². The molecule has 0 bridgehead atoms. The third-order valence-electron chi connectivity index (χ3n) is 3.17. The van der Waals surface area contributed by atoms with Crippen molar-refractivity contribution in [2.45, 2.75) is 19.9 Å². The molecule has 0 saturated heterocycles. The van der Waals surface area contributed by atoms with Crippen LogP contribution in [0.4, 0.5) is 4.39 Å². The molecule has 0 fully saturated rings. The number of nitrogens with one attached hydrogen (secondary N) is 1. The fourth-order valence-corrected chi connectivity index (χ4v) is 2.12. The molecule has 3 heteroatoms. The molecular formula is C17H20FNO. The molecule has 2 nitrogen and oxygen atoms in total. The molecule has 106 valence electrons. The van der Waals surface area contributed by atoms with E-state index in [1.165, 1.54) is 18.7 Å². The highest BCUT2D eigenvalue weighted by atomic mass is 19.1. The Morgan fingerprint density at radius 2 is 1.90 bits per heavy atom. The van der Waals surface area contributed by atoms with Crippen LogP contribution in [-0.4, -0.2) is 13.7 Å². The number of rotatable bonds is 6. The Morgan fingerprint density at radius 3 is 2.60 bits per heavy atom. The maximum Gasteiger partial charge on any atom is 0.165 e. The molecule has 0 aliphatic heterocycles. The normalized spacial score (nSPS) is 10.6. The summed E-state index contributed by atoms with van der Waals surface area (Å²) in [6.07, 6.45) is 1.11. The van der Waals surface area contributed by atoms with Crippen LogP contribution in [0.2, 0.25) is 0 Å². The first-order chi connectivity index (χ1) is 9.74. The highest BCUT2D eigenvalue weighted by molar-refractivity contribution is 5.65. The second kappa shape index (κ2) is 7.06. The van der Waals surface area contributed by atoms with Crippen molar-refractivity contribution in [1.29, 1.82) is 0 Å². The maximum absolute atomic E-state index is 13.7. The van der Waals surface area contributed by atoms with E-state index in [9.17, 15) is 4.39 Å². The van der Waals surface area contributed by atoms with Gasteiger partial charge in [0.25, 0.3) is 0 Å². The van der Waals surface area contributed by atoms with Crippen molar-refractivity contribution in [3.8, 4) is 16.9 Å². The van der Waals surface area contributed by atoms with Gasteiger partial charge in [0.2, 0.25) is 0 Å². The van der Waals surface area contributed by atoms with E-state index in [0.29, 0.717) is 0 Å². The van der Waals surface area contributed by atoms with E-state index in [4.69, 9.17) is 4.74 Å². The Morgan fingerprint density at radius 1 is 1.10 bits per heavy atom. The minimum atomic E-state index is -0.334. The fourth-order valence-electron chi connectivity index (χ4n) is 2.12. The Labute approximate surface area is 119 Å². The van der Waals surface area contributed by atoms with Gasteiger partial charge >= 0.3 is 0 Å². The number of hydrogen-bond acceptors (Lipinski definition) is 2. The smallest absolute Gasteiger partial charge is 0.165 e. The molecule has 0 heterocycles. The number of halogens is 1. The van der Waals surface area contributed by atoms with E-state index in [-0.39, 0.29) is 11.6 Å². The molecule has 2 aromatic rings. The molecule has 0 amide bonds. The third kappa shape index (κ3) is 3.58. The number of benzene rings is 2. The highest BCUT2D eigenvalue weighted by Gasteiger charge is 2.05. The van der Waals surface area contributed by atoms with Crippen molar-refractivity contribution in [2.24, 2.45) is 0 Å². The summed E-state index contributed by atoms with van der Waals surface area (Å²) in [5.74, 6) is -0.0611. The van der Waals surface area contributed by atoms with E-state index in [2.05, 4.69) is 24.4 Å². The molecule has 1 N–H and O–H groups in total.